The number of aryl methyl sites for hydroxylation is 2. The van der Waals surface area contributed by atoms with Gasteiger partial charge in [0.25, 0.3) is 5.91 Å². The SMILES string of the molecule is CCc1nc(C(N)=O)c(Nc2ccc(C)c(N)c2)nc1NC1CCC(C)(O)CC1. The van der Waals surface area contributed by atoms with E-state index < -0.39 is 11.5 Å². The first-order valence-electron chi connectivity index (χ1n) is 10.0. The summed E-state index contributed by atoms with van der Waals surface area (Å²) in [6.45, 7) is 5.75. The molecule has 8 nitrogen and oxygen atoms in total. The van der Waals surface area contributed by atoms with Crippen LogP contribution in [0.3, 0.4) is 0 Å². The molecule has 156 valence electrons. The van der Waals surface area contributed by atoms with Crippen LogP contribution in [-0.2, 0) is 6.42 Å². The van der Waals surface area contributed by atoms with Gasteiger partial charge in [0.05, 0.1) is 11.3 Å². The van der Waals surface area contributed by atoms with E-state index in [1.807, 2.05) is 32.9 Å². The predicted molar refractivity (Wildman–Crippen MR) is 115 cm³/mol. The molecule has 1 aromatic carbocycles. The fraction of sp³-hybridized carbons (Fsp3) is 0.476. The standard InChI is InChI=1S/C21H30N6O2/c1-4-16-19(24-13-7-9-21(3,29)10-8-13)27-20(17(26-16)18(23)28)25-14-6-5-12(2)15(22)11-14/h5-6,11,13,29H,4,7-10,22H2,1-3H3,(H2,23,28)(H2,24,25,27). The summed E-state index contributed by atoms with van der Waals surface area (Å²) in [5.41, 5.74) is 14.0. The Morgan fingerprint density at radius 1 is 1.28 bits per heavy atom. The molecule has 8 heteroatoms. The Bertz CT molecular complexity index is 902. The number of benzene rings is 1. The molecule has 0 radical (unpaired) electrons. The van der Waals surface area contributed by atoms with E-state index in [4.69, 9.17) is 11.5 Å². The predicted octanol–water partition coefficient (Wildman–Crippen LogP) is 2.88. The summed E-state index contributed by atoms with van der Waals surface area (Å²) in [5.74, 6) is 0.282. The van der Waals surface area contributed by atoms with E-state index in [-0.39, 0.29) is 11.7 Å². The van der Waals surface area contributed by atoms with Crippen molar-refractivity contribution in [3.05, 3.63) is 35.2 Å². The van der Waals surface area contributed by atoms with Gasteiger partial charge in [-0.05, 0) is 63.6 Å². The Hall–Kier alpha value is -2.87. The van der Waals surface area contributed by atoms with Crippen molar-refractivity contribution in [3.8, 4) is 0 Å². The van der Waals surface area contributed by atoms with Crippen molar-refractivity contribution >= 4 is 28.9 Å². The Morgan fingerprint density at radius 2 is 1.97 bits per heavy atom. The molecule has 1 fully saturated rings. The highest BCUT2D eigenvalue weighted by atomic mass is 16.3. The summed E-state index contributed by atoms with van der Waals surface area (Å²) < 4.78 is 0. The number of aromatic nitrogens is 2. The molecule has 1 saturated carbocycles. The Kier molecular flexibility index (Phi) is 5.93. The van der Waals surface area contributed by atoms with Crippen molar-refractivity contribution in [2.45, 2.75) is 64.5 Å². The fourth-order valence-corrected chi connectivity index (χ4v) is 3.52. The van der Waals surface area contributed by atoms with Gasteiger partial charge in [0, 0.05) is 17.4 Å². The smallest absolute Gasteiger partial charge is 0.271 e. The molecule has 2 aromatic rings. The maximum atomic E-state index is 12.0. The van der Waals surface area contributed by atoms with E-state index in [0.717, 1.165) is 31.2 Å². The van der Waals surface area contributed by atoms with Gasteiger partial charge in [-0.25, -0.2) is 9.97 Å². The molecule has 7 N–H and O–H groups in total. The fourth-order valence-electron chi connectivity index (χ4n) is 3.52. The third-order valence-corrected chi connectivity index (χ3v) is 5.48. The average Bonchev–Trinajstić information content (AvgIpc) is 2.66. The number of nitrogens with two attached hydrogens (primary N) is 2. The van der Waals surface area contributed by atoms with Crippen LogP contribution in [0.15, 0.2) is 18.2 Å². The molecule has 1 amide bonds. The second kappa shape index (κ2) is 8.24. The summed E-state index contributed by atoms with van der Waals surface area (Å²) in [5, 5.41) is 16.8. The molecule has 1 aromatic heterocycles. The number of carbonyl (C=O) groups excluding carboxylic acids is 1. The number of carbonyl (C=O) groups is 1. The number of hydrogen-bond acceptors (Lipinski definition) is 7. The van der Waals surface area contributed by atoms with E-state index in [1.54, 1.807) is 6.07 Å². The van der Waals surface area contributed by atoms with Gasteiger partial charge in [-0.1, -0.05) is 13.0 Å². The van der Waals surface area contributed by atoms with E-state index >= 15 is 0 Å². The Balaban J connectivity index is 1.91. The molecule has 0 atom stereocenters. The summed E-state index contributed by atoms with van der Waals surface area (Å²) in [6.07, 6.45) is 3.75. The normalized spacial score (nSPS) is 21.6. The number of nitrogen functional groups attached to an aromatic ring is 1. The summed E-state index contributed by atoms with van der Waals surface area (Å²) in [7, 11) is 0. The van der Waals surface area contributed by atoms with Crippen LogP contribution >= 0.6 is 0 Å². The van der Waals surface area contributed by atoms with Crippen LogP contribution in [0.4, 0.5) is 23.0 Å². The molecular weight excluding hydrogens is 368 g/mol. The first kappa shape index (κ1) is 20.9. The number of amides is 1. The zero-order chi connectivity index (χ0) is 21.2. The lowest BCUT2D eigenvalue weighted by Gasteiger charge is -2.34. The molecule has 0 aliphatic heterocycles. The van der Waals surface area contributed by atoms with E-state index in [2.05, 4.69) is 20.6 Å². The third-order valence-electron chi connectivity index (χ3n) is 5.48. The van der Waals surface area contributed by atoms with Gasteiger partial charge in [-0.3, -0.25) is 4.79 Å². The highest BCUT2D eigenvalue weighted by molar-refractivity contribution is 5.96. The van der Waals surface area contributed by atoms with Crippen LogP contribution in [0.1, 0.15) is 61.3 Å². The van der Waals surface area contributed by atoms with Gasteiger partial charge in [0.15, 0.2) is 11.5 Å². The van der Waals surface area contributed by atoms with Gasteiger partial charge >= 0.3 is 0 Å². The highest BCUT2D eigenvalue weighted by Crippen LogP contribution is 2.31. The van der Waals surface area contributed by atoms with Gasteiger partial charge < -0.3 is 27.2 Å². The van der Waals surface area contributed by atoms with Gasteiger partial charge in [0.2, 0.25) is 0 Å². The van der Waals surface area contributed by atoms with Crippen LogP contribution in [0.5, 0.6) is 0 Å². The minimum absolute atomic E-state index is 0.0955. The van der Waals surface area contributed by atoms with Crippen molar-refractivity contribution in [2.75, 3.05) is 16.4 Å². The van der Waals surface area contributed by atoms with Crippen LogP contribution < -0.4 is 22.1 Å². The number of rotatable bonds is 6. The summed E-state index contributed by atoms with van der Waals surface area (Å²) >= 11 is 0. The van der Waals surface area contributed by atoms with Crippen LogP contribution in [-0.4, -0.2) is 32.6 Å². The van der Waals surface area contributed by atoms with Gasteiger partial charge in [0.1, 0.15) is 5.82 Å². The monoisotopic (exact) mass is 398 g/mol. The van der Waals surface area contributed by atoms with Gasteiger partial charge in [-0.15, -0.1) is 0 Å². The molecular formula is C21H30N6O2. The lowest BCUT2D eigenvalue weighted by atomic mass is 9.83. The first-order chi connectivity index (χ1) is 13.7. The molecule has 0 spiro atoms. The summed E-state index contributed by atoms with van der Waals surface area (Å²) in [4.78, 5) is 21.1. The minimum atomic E-state index is -0.643. The van der Waals surface area contributed by atoms with Gasteiger partial charge in [-0.2, -0.15) is 0 Å². The third kappa shape index (κ3) is 4.95. The average molecular weight is 399 g/mol. The second-order valence-electron chi connectivity index (χ2n) is 8.05. The van der Waals surface area contributed by atoms with Crippen molar-refractivity contribution in [2.24, 2.45) is 5.73 Å². The number of hydrogen-bond donors (Lipinski definition) is 5. The molecule has 3 rings (SSSR count). The van der Waals surface area contributed by atoms with Crippen LogP contribution in [0, 0.1) is 6.92 Å². The Labute approximate surface area is 171 Å². The molecule has 29 heavy (non-hydrogen) atoms. The maximum absolute atomic E-state index is 12.0. The van der Waals surface area contributed by atoms with E-state index in [9.17, 15) is 9.90 Å². The lowest BCUT2D eigenvalue weighted by Crippen LogP contribution is -2.36. The molecule has 1 heterocycles. The number of primary amides is 1. The zero-order valence-corrected chi connectivity index (χ0v) is 17.2. The van der Waals surface area contributed by atoms with E-state index in [1.165, 1.54) is 0 Å². The molecule has 0 saturated heterocycles. The largest absolute Gasteiger partial charge is 0.398 e. The highest BCUT2D eigenvalue weighted by Gasteiger charge is 2.29. The Morgan fingerprint density at radius 3 is 2.55 bits per heavy atom. The molecule has 1 aliphatic carbocycles. The van der Waals surface area contributed by atoms with Crippen molar-refractivity contribution in [3.63, 3.8) is 0 Å². The van der Waals surface area contributed by atoms with Crippen LogP contribution in [0.25, 0.3) is 0 Å². The van der Waals surface area contributed by atoms with Crippen molar-refractivity contribution in [1.29, 1.82) is 0 Å². The quantitative estimate of drug-likeness (QED) is 0.471. The van der Waals surface area contributed by atoms with Crippen molar-refractivity contribution < 1.29 is 9.90 Å². The zero-order valence-electron chi connectivity index (χ0n) is 17.2. The number of nitrogens with zero attached hydrogens (tertiary/aromatic N) is 2. The van der Waals surface area contributed by atoms with E-state index in [0.29, 0.717) is 35.1 Å². The lowest BCUT2D eigenvalue weighted by molar-refractivity contribution is 0.0196. The molecule has 0 bridgehead atoms. The second-order valence-corrected chi connectivity index (χ2v) is 8.05. The molecule has 0 unspecified atom stereocenters. The number of aliphatic hydroxyl groups is 1. The first-order valence-corrected chi connectivity index (χ1v) is 10.0. The summed E-state index contributed by atoms with van der Waals surface area (Å²) in [6, 6.07) is 5.73. The molecule has 1 aliphatic rings. The van der Waals surface area contributed by atoms with Crippen LogP contribution in [0.2, 0.25) is 0 Å². The number of nitrogens with one attached hydrogen (secondary N) is 2. The number of anilines is 4. The minimum Gasteiger partial charge on any atom is -0.398 e. The topological polar surface area (TPSA) is 139 Å². The van der Waals surface area contributed by atoms with Crippen molar-refractivity contribution in [1.82, 2.24) is 9.97 Å². The maximum Gasteiger partial charge on any atom is 0.271 e.